The highest BCUT2D eigenvalue weighted by molar-refractivity contribution is 7.09. The van der Waals surface area contributed by atoms with Gasteiger partial charge in [-0.2, -0.15) is 0 Å². The molecule has 14 heteroatoms. The minimum Gasteiger partial charge on any atom is -0.481 e. The zero-order chi connectivity index (χ0) is 43.4. The molecule has 0 aliphatic carbocycles. The zero-order valence-electron chi connectivity index (χ0n) is 36.6. The number of carboxylic acids is 1. The molecule has 3 rings (SSSR count). The number of nitrogens with one attached hydrogen (secondary N) is 2. The largest absolute Gasteiger partial charge is 0.481 e. The first-order valence-electron chi connectivity index (χ1n) is 21.1. The topological polar surface area (TPSA) is 184 Å². The molecule has 1 aliphatic rings. The molecule has 1 aromatic carbocycles. The number of hydrogen-bond acceptors (Lipinski definition) is 10. The van der Waals surface area contributed by atoms with Crippen LogP contribution in [0.15, 0.2) is 29.6 Å². The fraction of sp³-hybridized carbons (Fsp3) is 0.682. The Bertz CT molecular complexity index is 1680. The number of aliphatic carboxylic acids is 1. The van der Waals surface area contributed by atoms with Gasteiger partial charge in [-0.15, -0.1) is 11.3 Å². The minimum absolute atomic E-state index is 0.0608. The normalized spacial score (nSPS) is 18.5. The summed E-state index contributed by atoms with van der Waals surface area (Å²) < 4.78 is 5.92. The third-order valence-electron chi connectivity index (χ3n) is 11.9. The summed E-state index contributed by atoms with van der Waals surface area (Å²) in [5, 5.41) is 18.1. The number of carbonyl (C=O) groups is 5. The Labute approximate surface area is 350 Å². The number of carboxylic acid groups (broad SMARTS) is 1. The molecular formula is C44H70N6O7S. The number of hydrogen-bond donors (Lipinski definition) is 4. The van der Waals surface area contributed by atoms with Gasteiger partial charge in [-0.3, -0.25) is 28.9 Å². The molecule has 324 valence electrons. The van der Waals surface area contributed by atoms with E-state index in [0.717, 1.165) is 44.2 Å². The van der Waals surface area contributed by atoms with Crippen LogP contribution in [0.1, 0.15) is 147 Å². The summed E-state index contributed by atoms with van der Waals surface area (Å²) in [6.45, 7) is 18.0. The van der Waals surface area contributed by atoms with Gasteiger partial charge < -0.3 is 31.1 Å². The van der Waals surface area contributed by atoms with Gasteiger partial charge in [0.2, 0.25) is 11.8 Å². The van der Waals surface area contributed by atoms with Gasteiger partial charge in [0, 0.05) is 43.0 Å². The van der Waals surface area contributed by atoms with Crippen LogP contribution in [0, 0.1) is 17.3 Å². The van der Waals surface area contributed by atoms with Crippen molar-refractivity contribution >= 4 is 46.7 Å². The Kier molecular flexibility index (Phi) is 18.2. The van der Waals surface area contributed by atoms with Crippen LogP contribution >= 0.6 is 11.3 Å². The number of nitrogens with zero attached hydrogens (tertiary/aromatic N) is 3. The summed E-state index contributed by atoms with van der Waals surface area (Å²) in [5.41, 5.74) is 5.66. The fourth-order valence-electron chi connectivity index (χ4n) is 7.68. The van der Waals surface area contributed by atoms with E-state index in [-0.39, 0.29) is 42.2 Å². The van der Waals surface area contributed by atoms with Gasteiger partial charge in [-0.25, -0.2) is 4.98 Å². The molecule has 2 heterocycles. The predicted octanol–water partition coefficient (Wildman–Crippen LogP) is 7.01. The van der Waals surface area contributed by atoms with Crippen molar-refractivity contribution in [1.29, 1.82) is 0 Å². The Balaban J connectivity index is 1.95. The number of nitrogens with two attached hydrogens (primary N) is 1. The van der Waals surface area contributed by atoms with Gasteiger partial charge in [0.05, 0.1) is 11.0 Å². The molecule has 5 N–H and O–H groups in total. The fourth-order valence-corrected chi connectivity index (χ4v) is 8.52. The van der Waals surface area contributed by atoms with Crippen molar-refractivity contribution in [3.05, 3.63) is 45.9 Å². The molecule has 2 aromatic rings. The molecule has 1 fully saturated rings. The summed E-state index contributed by atoms with van der Waals surface area (Å²) in [5.74, 6) is -2.47. The Hall–Kier alpha value is -4.04. The number of aromatic nitrogens is 1. The maximum Gasteiger partial charge on any atom is 0.309 e. The van der Waals surface area contributed by atoms with Crippen LogP contribution in [0.2, 0.25) is 0 Å². The molecular weight excluding hydrogens is 757 g/mol. The number of rotatable bonds is 23. The lowest BCUT2D eigenvalue weighted by Gasteiger charge is -2.40. The van der Waals surface area contributed by atoms with Crippen molar-refractivity contribution in [2.45, 2.75) is 156 Å². The highest BCUT2D eigenvalue weighted by Crippen LogP contribution is 2.33. The van der Waals surface area contributed by atoms with Crippen molar-refractivity contribution in [3.63, 3.8) is 0 Å². The standard InChI is InChI=1S/C44H70N6O7S/c1-11-13-14-15-23-50(40(53)37(29(5)12-2)48-41(54)44(9)21-16-22-49(44)10)35(28(3)4)25-36(57-30(6)51)39-47-34(27-58-39)38(52)46-33(26-43(7,8)42(55)56)24-31-17-19-32(45)20-18-31/h17-20,27-29,33,35-37H,11-16,21-26,45H2,1-10H3,(H,46,52)(H,48,54)(H,55,56)/t29-,33-,35+,36+,37-,44+/m0/s1. The summed E-state index contributed by atoms with van der Waals surface area (Å²) in [7, 11) is 1.95. The molecule has 0 bridgehead atoms. The lowest BCUT2D eigenvalue weighted by molar-refractivity contribution is -0.150. The van der Waals surface area contributed by atoms with Crippen molar-refractivity contribution in [2.75, 3.05) is 25.9 Å². The van der Waals surface area contributed by atoms with Crippen LogP contribution in [0.25, 0.3) is 0 Å². The molecule has 13 nitrogen and oxygen atoms in total. The maximum absolute atomic E-state index is 14.9. The number of likely N-dealkylation sites (tertiary alicyclic amines) is 1. The zero-order valence-corrected chi connectivity index (χ0v) is 37.4. The van der Waals surface area contributed by atoms with Gasteiger partial charge in [0.1, 0.15) is 16.7 Å². The highest BCUT2D eigenvalue weighted by Gasteiger charge is 2.44. The lowest BCUT2D eigenvalue weighted by atomic mass is 9.84. The van der Waals surface area contributed by atoms with Crippen LogP contribution in [0.4, 0.5) is 5.69 Å². The van der Waals surface area contributed by atoms with E-state index in [1.54, 1.807) is 31.4 Å². The average Bonchev–Trinajstić information content (AvgIpc) is 3.79. The average molecular weight is 827 g/mol. The quantitative estimate of drug-likeness (QED) is 0.0517. The first-order chi connectivity index (χ1) is 27.2. The van der Waals surface area contributed by atoms with Crippen molar-refractivity contribution < 1.29 is 33.8 Å². The van der Waals surface area contributed by atoms with E-state index in [9.17, 15) is 29.1 Å². The van der Waals surface area contributed by atoms with E-state index in [2.05, 4.69) is 27.4 Å². The van der Waals surface area contributed by atoms with E-state index in [0.29, 0.717) is 36.5 Å². The molecule has 6 atom stereocenters. The molecule has 0 unspecified atom stereocenters. The molecule has 3 amide bonds. The third kappa shape index (κ3) is 13.2. The van der Waals surface area contributed by atoms with E-state index < -0.39 is 53.0 Å². The number of nitrogen functional groups attached to an aromatic ring is 1. The third-order valence-corrected chi connectivity index (χ3v) is 12.8. The summed E-state index contributed by atoms with van der Waals surface area (Å²) >= 11 is 1.19. The number of anilines is 1. The summed E-state index contributed by atoms with van der Waals surface area (Å²) in [4.78, 5) is 75.9. The second-order valence-corrected chi connectivity index (χ2v) is 18.3. The van der Waals surface area contributed by atoms with Crippen LogP contribution in [0.3, 0.4) is 0 Å². The van der Waals surface area contributed by atoms with E-state index in [4.69, 9.17) is 10.5 Å². The molecule has 1 saturated heterocycles. The highest BCUT2D eigenvalue weighted by atomic mass is 32.1. The van der Waals surface area contributed by atoms with Gasteiger partial charge in [-0.05, 0) is 96.0 Å². The Morgan fingerprint density at radius 1 is 1.07 bits per heavy atom. The van der Waals surface area contributed by atoms with Crippen molar-refractivity contribution in [2.24, 2.45) is 17.3 Å². The monoisotopic (exact) mass is 827 g/mol. The van der Waals surface area contributed by atoms with E-state index >= 15 is 0 Å². The molecule has 0 saturated carbocycles. The number of thiazole rings is 1. The number of benzene rings is 1. The molecule has 1 aliphatic heterocycles. The van der Waals surface area contributed by atoms with E-state index in [1.165, 1.54) is 18.3 Å². The van der Waals surface area contributed by atoms with Crippen LogP contribution < -0.4 is 16.4 Å². The Morgan fingerprint density at radius 2 is 1.74 bits per heavy atom. The second kappa shape index (κ2) is 21.8. The summed E-state index contributed by atoms with van der Waals surface area (Å²) in [6.07, 6.45) is 6.01. The predicted molar refractivity (Wildman–Crippen MR) is 229 cm³/mol. The number of ether oxygens (including phenoxy) is 1. The van der Waals surface area contributed by atoms with Gasteiger partial charge in [0.15, 0.2) is 6.10 Å². The summed E-state index contributed by atoms with van der Waals surface area (Å²) in [6, 6.07) is 5.55. The first kappa shape index (κ1) is 48.3. The smallest absolute Gasteiger partial charge is 0.309 e. The van der Waals surface area contributed by atoms with Gasteiger partial charge in [0.25, 0.3) is 5.91 Å². The van der Waals surface area contributed by atoms with Crippen LogP contribution in [0.5, 0.6) is 0 Å². The second-order valence-electron chi connectivity index (χ2n) is 17.5. The lowest BCUT2D eigenvalue weighted by Crippen LogP contribution is -2.60. The van der Waals surface area contributed by atoms with Gasteiger partial charge in [-0.1, -0.05) is 72.4 Å². The van der Waals surface area contributed by atoms with E-state index in [1.807, 2.05) is 58.7 Å². The molecule has 0 spiro atoms. The van der Waals surface area contributed by atoms with Crippen LogP contribution in [-0.4, -0.2) is 93.4 Å². The van der Waals surface area contributed by atoms with Gasteiger partial charge >= 0.3 is 11.9 Å². The number of carbonyl (C=O) groups excluding carboxylic acids is 4. The Morgan fingerprint density at radius 3 is 2.29 bits per heavy atom. The van der Waals surface area contributed by atoms with Crippen molar-refractivity contribution in [1.82, 2.24) is 25.4 Å². The number of esters is 1. The van der Waals surface area contributed by atoms with Crippen molar-refractivity contribution in [3.8, 4) is 0 Å². The maximum atomic E-state index is 14.9. The minimum atomic E-state index is -1.12. The first-order valence-corrected chi connectivity index (χ1v) is 22.0. The van der Waals surface area contributed by atoms with Crippen LogP contribution in [-0.2, 0) is 30.3 Å². The molecule has 1 aromatic heterocycles. The number of amides is 3. The molecule has 0 radical (unpaired) electrons. The number of likely N-dealkylation sites (N-methyl/N-ethyl adjacent to an activating group) is 1. The number of unbranched alkanes of at least 4 members (excludes halogenated alkanes) is 3. The SMILES string of the molecule is CCCCCCN(C(=O)[C@@H](NC(=O)[C@@]1(C)CCCN1C)[C@@H](C)CC)[C@H](C[C@@H](OC(C)=O)c1nc(C(=O)N[C@@H](Cc2ccc(N)cc2)CC(C)(C)C(=O)O)cs1)C(C)C. The molecule has 58 heavy (non-hydrogen) atoms.